The first kappa shape index (κ1) is 10.8. The van der Waals surface area contributed by atoms with E-state index in [1.807, 2.05) is 0 Å². The Morgan fingerprint density at radius 1 is 0.789 bits per heavy atom. The quantitative estimate of drug-likeness (QED) is 0.457. The molecular weight excluding hydrogens is 228 g/mol. The van der Waals surface area contributed by atoms with E-state index in [0.29, 0.717) is 5.92 Å². The summed E-state index contributed by atoms with van der Waals surface area (Å²) in [5, 5.41) is 5.57. The minimum absolute atomic E-state index is 0.606. The maximum absolute atomic E-state index is 2.34. The highest BCUT2D eigenvalue weighted by molar-refractivity contribution is 6.13. The Labute approximate surface area is 113 Å². The van der Waals surface area contributed by atoms with Gasteiger partial charge in [0.25, 0.3) is 0 Å². The van der Waals surface area contributed by atoms with Crippen LogP contribution < -0.4 is 0 Å². The second kappa shape index (κ2) is 3.96. The van der Waals surface area contributed by atoms with Crippen LogP contribution in [0.5, 0.6) is 0 Å². The van der Waals surface area contributed by atoms with Crippen LogP contribution in [0.4, 0.5) is 0 Å². The lowest BCUT2D eigenvalue weighted by Crippen LogP contribution is -2.02. The van der Waals surface area contributed by atoms with Gasteiger partial charge in [0, 0.05) is 0 Å². The molecular formula is C19H16. The summed E-state index contributed by atoms with van der Waals surface area (Å²) in [6.07, 6.45) is 5.77. The van der Waals surface area contributed by atoms with Gasteiger partial charge in [0.15, 0.2) is 0 Å². The SMILES string of the molecule is CC1CC=Cc2c1c1ccccc1c1ccccc21. The van der Waals surface area contributed by atoms with Crippen LogP contribution in [-0.2, 0) is 0 Å². The highest BCUT2D eigenvalue weighted by Crippen LogP contribution is 2.40. The van der Waals surface area contributed by atoms with Crippen molar-refractivity contribution in [1.29, 1.82) is 0 Å². The fourth-order valence-corrected chi connectivity index (χ4v) is 3.41. The van der Waals surface area contributed by atoms with Crippen molar-refractivity contribution < 1.29 is 0 Å². The van der Waals surface area contributed by atoms with E-state index in [1.54, 1.807) is 0 Å². The first-order valence-corrected chi connectivity index (χ1v) is 6.96. The third kappa shape index (κ3) is 1.46. The largest absolute Gasteiger partial charge is 0.0833 e. The van der Waals surface area contributed by atoms with Crippen molar-refractivity contribution in [2.24, 2.45) is 0 Å². The number of hydrogen-bond acceptors (Lipinski definition) is 0. The van der Waals surface area contributed by atoms with Crippen molar-refractivity contribution in [1.82, 2.24) is 0 Å². The Bertz CT molecular complexity index is 809. The highest BCUT2D eigenvalue weighted by Gasteiger charge is 2.18. The van der Waals surface area contributed by atoms with Crippen molar-refractivity contribution in [3.8, 4) is 0 Å². The van der Waals surface area contributed by atoms with Gasteiger partial charge in [-0.05, 0) is 45.0 Å². The van der Waals surface area contributed by atoms with E-state index in [2.05, 4.69) is 67.6 Å². The molecule has 1 atom stereocenters. The topological polar surface area (TPSA) is 0 Å². The van der Waals surface area contributed by atoms with Crippen LogP contribution in [0, 0.1) is 0 Å². The van der Waals surface area contributed by atoms with Crippen LogP contribution in [0.1, 0.15) is 30.4 Å². The van der Waals surface area contributed by atoms with Gasteiger partial charge in [-0.15, -0.1) is 0 Å². The molecule has 0 N–H and O–H groups in total. The van der Waals surface area contributed by atoms with Gasteiger partial charge in [0.1, 0.15) is 0 Å². The van der Waals surface area contributed by atoms with Crippen molar-refractivity contribution in [2.75, 3.05) is 0 Å². The van der Waals surface area contributed by atoms with E-state index >= 15 is 0 Å². The van der Waals surface area contributed by atoms with Gasteiger partial charge < -0.3 is 0 Å². The molecule has 0 amide bonds. The molecule has 3 aromatic rings. The summed E-state index contributed by atoms with van der Waals surface area (Å²) >= 11 is 0. The van der Waals surface area contributed by atoms with E-state index in [-0.39, 0.29) is 0 Å². The first-order chi connectivity index (χ1) is 9.36. The summed E-state index contributed by atoms with van der Waals surface area (Å²) in [5.74, 6) is 0.606. The van der Waals surface area contributed by atoms with E-state index < -0.39 is 0 Å². The maximum atomic E-state index is 2.34. The molecule has 0 heteroatoms. The lowest BCUT2D eigenvalue weighted by molar-refractivity contribution is 0.781. The molecule has 0 nitrogen and oxygen atoms in total. The van der Waals surface area contributed by atoms with Gasteiger partial charge in [-0.25, -0.2) is 0 Å². The van der Waals surface area contributed by atoms with Crippen molar-refractivity contribution in [2.45, 2.75) is 19.3 Å². The van der Waals surface area contributed by atoms with Crippen LogP contribution in [0.25, 0.3) is 27.6 Å². The third-order valence-corrected chi connectivity index (χ3v) is 4.28. The summed E-state index contributed by atoms with van der Waals surface area (Å²) in [7, 11) is 0. The minimum atomic E-state index is 0.606. The molecule has 0 aliphatic heterocycles. The standard InChI is InChI=1S/C19H16/c1-13-7-6-12-18-16-9-3-2-8-14(16)15-10-4-5-11-17(15)19(13)18/h2-6,8-13H,7H2,1H3. The van der Waals surface area contributed by atoms with Gasteiger partial charge in [-0.1, -0.05) is 67.6 Å². The fourth-order valence-electron chi connectivity index (χ4n) is 3.41. The average molecular weight is 244 g/mol. The monoisotopic (exact) mass is 244 g/mol. The van der Waals surface area contributed by atoms with E-state index in [0.717, 1.165) is 6.42 Å². The second-order valence-electron chi connectivity index (χ2n) is 5.46. The number of hydrogen-bond donors (Lipinski definition) is 0. The van der Waals surface area contributed by atoms with Gasteiger partial charge in [-0.2, -0.15) is 0 Å². The van der Waals surface area contributed by atoms with E-state index in [1.165, 1.54) is 32.7 Å². The molecule has 0 saturated carbocycles. The fraction of sp³-hybridized carbons (Fsp3) is 0.158. The zero-order valence-electron chi connectivity index (χ0n) is 11.1. The van der Waals surface area contributed by atoms with Crippen molar-refractivity contribution in [3.05, 3.63) is 65.7 Å². The lowest BCUT2D eigenvalue weighted by Gasteiger charge is -2.22. The number of fused-ring (bicyclic) bond motifs is 6. The average Bonchev–Trinajstić information content (AvgIpc) is 2.47. The predicted octanol–water partition coefficient (Wildman–Crippen LogP) is 5.51. The molecule has 0 saturated heterocycles. The molecule has 1 unspecified atom stereocenters. The Kier molecular flexibility index (Phi) is 2.25. The van der Waals surface area contributed by atoms with Crippen LogP contribution in [-0.4, -0.2) is 0 Å². The van der Waals surface area contributed by atoms with Gasteiger partial charge >= 0.3 is 0 Å². The van der Waals surface area contributed by atoms with Crippen LogP contribution >= 0.6 is 0 Å². The molecule has 0 fully saturated rings. The molecule has 0 bridgehead atoms. The Morgan fingerprint density at radius 2 is 1.37 bits per heavy atom. The smallest absolute Gasteiger partial charge is 0.00992 e. The van der Waals surface area contributed by atoms with Gasteiger partial charge in [-0.3, -0.25) is 0 Å². The van der Waals surface area contributed by atoms with Crippen molar-refractivity contribution >= 4 is 27.6 Å². The van der Waals surface area contributed by atoms with Crippen molar-refractivity contribution in [3.63, 3.8) is 0 Å². The second-order valence-corrected chi connectivity index (χ2v) is 5.46. The Morgan fingerprint density at radius 3 is 2.11 bits per heavy atom. The van der Waals surface area contributed by atoms with Crippen LogP contribution in [0.3, 0.4) is 0 Å². The lowest BCUT2D eigenvalue weighted by atomic mass is 9.81. The Balaban J connectivity index is 2.32. The number of rotatable bonds is 0. The summed E-state index contributed by atoms with van der Waals surface area (Å²) in [4.78, 5) is 0. The Hall–Kier alpha value is -2.08. The molecule has 0 aromatic heterocycles. The highest BCUT2D eigenvalue weighted by atomic mass is 14.2. The predicted molar refractivity (Wildman–Crippen MR) is 83.5 cm³/mol. The normalized spacial score (nSPS) is 17.8. The molecule has 1 aliphatic rings. The van der Waals surface area contributed by atoms with E-state index in [9.17, 15) is 0 Å². The zero-order valence-corrected chi connectivity index (χ0v) is 11.1. The molecule has 1 aliphatic carbocycles. The zero-order chi connectivity index (χ0) is 12.8. The molecule has 0 heterocycles. The third-order valence-electron chi connectivity index (χ3n) is 4.28. The van der Waals surface area contributed by atoms with Crippen LogP contribution in [0.2, 0.25) is 0 Å². The molecule has 0 radical (unpaired) electrons. The molecule has 3 aromatic carbocycles. The van der Waals surface area contributed by atoms with Crippen LogP contribution in [0.15, 0.2) is 54.6 Å². The summed E-state index contributed by atoms with van der Waals surface area (Å²) in [6.45, 7) is 2.34. The van der Waals surface area contributed by atoms with Gasteiger partial charge in [0.2, 0.25) is 0 Å². The molecule has 4 rings (SSSR count). The maximum Gasteiger partial charge on any atom is -0.00992 e. The first-order valence-electron chi connectivity index (χ1n) is 6.96. The number of benzene rings is 3. The van der Waals surface area contributed by atoms with E-state index in [4.69, 9.17) is 0 Å². The minimum Gasteiger partial charge on any atom is -0.0833 e. The molecule has 92 valence electrons. The van der Waals surface area contributed by atoms with Gasteiger partial charge in [0.05, 0.1) is 0 Å². The molecule has 0 spiro atoms. The summed E-state index contributed by atoms with van der Waals surface area (Å²) in [5.41, 5.74) is 2.95. The number of allylic oxidation sites excluding steroid dienone is 1. The molecule has 19 heavy (non-hydrogen) atoms. The summed E-state index contributed by atoms with van der Waals surface area (Å²) < 4.78 is 0. The summed E-state index contributed by atoms with van der Waals surface area (Å²) in [6, 6.07) is 17.6.